The van der Waals surface area contributed by atoms with Gasteiger partial charge in [0.2, 0.25) is 0 Å². The SMILES string of the molecule is Brc1cnc2c(c1)CCc1ccccc1C2=C1CCNCC1.C.C.Cc1ccc2c(n1)C(=C1CCNCC1)c1ccccc1CC2.Clc1cnc2c(c1)CCc1ccccc1C2=C1CCNCC1. The minimum Gasteiger partial charge on any atom is -0.316 e. The number of benzene rings is 3. The van der Waals surface area contributed by atoms with Gasteiger partial charge < -0.3 is 16.0 Å². The minimum atomic E-state index is 0. The zero-order valence-electron chi connectivity index (χ0n) is 38.2. The van der Waals surface area contributed by atoms with Crippen LogP contribution in [0.5, 0.6) is 0 Å². The van der Waals surface area contributed by atoms with Crippen LogP contribution in [0.3, 0.4) is 0 Å². The predicted molar refractivity (Wildman–Crippen MR) is 290 cm³/mol. The van der Waals surface area contributed by atoms with Crippen LogP contribution in [0.2, 0.25) is 5.02 Å². The highest BCUT2D eigenvalue weighted by atomic mass is 79.9. The van der Waals surface area contributed by atoms with Crippen LogP contribution in [-0.2, 0) is 38.5 Å². The summed E-state index contributed by atoms with van der Waals surface area (Å²) in [4.78, 5) is 14.5. The summed E-state index contributed by atoms with van der Waals surface area (Å²) in [6.45, 7) is 8.54. The molecule has 6 aliphatic rings. The maximum atomic E-state index is 6.19. The lowest BCUT2D eigenvalue weighted by atomic mass is 9.89. The molecule has 0 unspecified atom stereocenters. The largest absolute Gasteiger partial charge is 0.316 e. The molecule has 12 rings (SSSR count). The third-order valence-electron chi connectivity index (χ3n) is 14.2. The number of halogens is 2. The number of hydrogen-bond donors (Lipinski definition) is 3. The van der Waals surface area contributed by atoms with Crippen molar-refractivity contribution in [2.75, 3.05) is 39.3 Å². The summed E-state index contributed by atoms with van der Waals surface area (Å²) in [6.07, 6.45) is 16.9. The maximum absolute atomic E-state index is 6.19. The number of fused-ring (bicyclic) bond motifs is 6. The molecule has 0 amide bonds. The lowest BCUT2D eigenvalue weighted by Crippen LogP contribution is -2.24. The second-order valence-corrected chi connectivity index (χ2v) is 19.8. The molecule has 0 radical (unpaired) electrons. The zero-order chi connectivity index (χ0) is 44.8. The fourth-order valence-corrected chi connectivity index (χ4v) is 11.5. The molecule has 0 saturated carbocycles. The molecular formula is C60H68BrClN6. The Morgan fingerprint density at radius 3 is 1.28 bits per heavy atom. The van der Waals surface area contributed by atoms with Gasteiger partial charge in [-0.3, -0.25) is 15.0 Å². The highest BCUT2D eigenvalue weighted by Gasteiger charge is 2.26. The standard InChI is InChI=1S/C20H22N2.C19H19BrN2.C19H19ClN2.2CH4/c1-14-6-7-17-9-8-15-4-2-3-5-18(15)19(20(17)22-14)16-10-12-21-13-11-16;2*20-16-11-15-6-5-13-3-1-2-4-17(13)18(19(15)22-12-16)14-7-9-21-10-8-14;;/h2-7,21H,8-13H2,1H3;2*1-4,11-12,21H,5-10H2;2*1H4. The number of aryl methyl sites for hydroxylation is 7. The van der Waals surface area contributed by atoms with Crippen molar-refractivity contribution in [2.45, 2.75) is 98.8 Å². The van der Waals surface area contributed by atoms with E-state index >= 15 is 0 Å². The molecule has 3 aromatic heterocycles. The van der Waals surface area contributed by atoms with E-state index in [2.05, 4.69) is 136 Å². The molecule has 3 aliphatic carbocycles. The van der Waals surface area contributed by atoms with Crippen LogP contribution >= 0.6 is 27.5 Å². The fourth-order valence-electron chi connectivity index (χ4n) is 10.9. The molecule has 8 heteroatoms. The number of nitrogens with zero attached hydrogens (tertiary/aromatic N) is 3. The molecule has 3 N–H and O–H groups in total. The van der Waals surface area contributed by atoms with Crippen molar-refractivity contribution in [2.24, 2.45) is 0 Å². The summed E-state index contributed by atoms with van der Waals surface area (Å²) >= 11 is 9.76. The fraction of sp³-hybridized carbons (Fsp3) is 0.350. The van der Waals surface area contributed by atoms with Crippen LogP contribution in [0, 0.1) is 6.92 Å². The molecule has 6 aromatic rings. The molecule has 0 bridgehead atoms. The van der Waals surface area contributed by atoms with Crippen molar-refractivity contribution in [1.29, 1.82) is 0 Å². The van der Waals surface area contributed by atoms with Gasteiger partial charge in [0.15, 0.2) is 0 Å². The van der Waals surface area contributed by atoms with Gasteiger partial charge in [-0.15, -0.1) is 0 Å². The Kier molecular flexibility index (Phi) is 16.8. The molecule has 6 nitrogen and oxygen atoms in total. The van der Waals surface area contributed by atoms with Gasteiger partial charge in [0.1, 0.15) is 0 Å². The van der Waals surface area contributed by atoms with Gasteiger partial charge >= 0.3 is 0 Å². The van der Waals surface area contributed by atoms with Crippen molar-refractivity contribution in [3.05, 3.63) is 209 Å². The number of aromatic nitrogens is 3. The van der Waals surface area contributed by atoms with Crippen molar-refractivity contribution >= 4 is 44.3 Å². The molecule has 68 heavy (non-hydrogen) atoms. The maximum Gasteiger partial charge on any atom is 0.0742 e. The third kappa shape index (κ3) is 10.9. The van der Waals surface area contributed by atoms with E-state index in [1.54, 1.807) is 17.3 Å². The second-order valence-electron chi connectivity index (χ2n) is 18.4. The van der Waals surface area contributed by atoms with Crippen molar-refractivity contribution < 1.29 is 0 Å². The topological polar surface area (TPSA) is 74.8 Å². The van der Waals surface area contributed by atoms with Crippen molar-refractivity contribution in [3.63, 3.8) is 0 Å². The van der Waals surface area contributed by atoms with Gasteiger partial charge in [-0.25, -0.2) is 0 Å². The Hall–Kier alpha value is -5.02. The minimum absolute atomic E-state index is 0. The van der Waals surface area contributed by atoms with E-state index in [0.29, 0.717) is 0 Å². The Morgan fingerprint density at radius 2 is 0.809 bits per heavy atom. The average molecular weight is 989 g/mol. The molecule has 0 spiro atoms. The van der Waals surface area contributed by atoms with Crippen LogP contribution in [-0.4, -0.2) is 54.2 Å². The van der Waals surface area contributed by atoms with Gasteiger partial charge in [0.25, 0.3) is 0 Å². The summed E-state index contributed by atoms with van der Waals surface area (Å²) in [5.41, 5.74) is 26.1. The molecule has 3 aromatic carbocycles. The van der Waals surface area contributed by atoms with Crippen LogP contribution < -0.4 is 16.0 Å². The van der Waals surface area contributed by atoms with Crippen LogP contribution in [0.25, 0.3) is 16.7 Å². The average Bonchev–Trinajstić information content (AvgIpc) is 3.72. The van der Waals surface area contributed by atoms with E-state index in [1.807, 2.05) is 6.20 Å². The number of nitrogens with one attached hydrogen (secondary N) is 3. The highest BCUT2D eigenvalue weighted by Crippen LogP contribution is 2.40. The Bertz CT molecular complexity index is 2700. The van der Waals surface area contributed by atoms with Crippen molar-refractivity contribution in [3.8, 4) is 0 Å². The molecule has 3 aliphatic heterocycles. The van der Waals surface area contributed by atoms with Gasteiger partial charge in [0.05, 0.1) is 22.1 Å². The van der Waals surface area contributed by atoms with Crippen LogP contribution in [0.1, 0.15) is 126 Å². The smallest absolute Gasteiger partial charge is 0.0742 e. The van der Waals surface area contributed by atoms with E-state index in [1.165, 1.54) is 83.8 Å². The lowest BCUT2D eigenvalue weighted by Gasteiger charge is -2.22. The van der Waals surface area contributed by atoms with Gasteiger partial charge in [-0.1, -0.05) is 122 Å². The summed E-state index contributed by atoms with van der Waals surface area (Å²) in [6, 6.07) is 35.3. The molecule has 3 saturated heterocycles. The summed E-state index contributed by atoms with van der Waals surface area (Å²) in [5, 5.41) is 11.1. The Morgan fingerprint density at radius 1 is 0.426 bits per heavy atom. The van der Waals surface area contributed by atoms with Crippen LogP contribution in [0.4, 0.5) is 0 Å². The highest BCUT2D eigenvalue weighted by molar-refractivity contribution is 9.10. The van der Waals surface area contributed by atoms with Crippen molar-refractivity contribution in [1.82, 2.24) is 30.9 Å². The van der Waals surface area contributed by atoms with E-state index in [4.69, 9.17) is 26.6 Å². The third-order valence-corrected chi connectivity index (χ3v) is 14.9. The quantitative estimate of drug-likeness (QED) is 0.141. The first kappa shape index (κ1) is 49.4. The van der Waals surface area contributed by atoms with Gasteiger partial charge in [0, 0.05) is 39.3 Å². The first-order chi connectivity index (χ1) is 32.5. The van der Waals surface area contributed by atoms with Gasteiger partial charge in [-0.05, 0) is 207 Å². The normalized spacial score (nSPS) is 17.2. The second kappa shape index (κ2) is 23.1. The monoisotopic (exact) mass is 986 g/mol. The zero-order valence-corrected chi connectivity index (χ0v) is 40.6. The number of rotatable bonds is 0. The predicted octanol–water partition coefficient (Wildman–Crippen LogP) is 13.1. The first-order valence-electron chi connectivity index (χ1n) is 24.3. The van der Waals surface area contributed by atoms with E-state index in [-0.39, 0.29) is 14.9 Å². The van der Waals surface area contributed by atoms with E-state index < -0.39 is 0 Å². The molecule has 352 valence electrons. The first-order valence-corrected chi connectivity index (χ1v) is 25.4. The Labute approximate surface area is 419 Å². The van der Waals surface area contributed by atoms with E-state index in [9.17, 15) is 0 Å². The van der Waals surface area contributed by atoms with Crippen LogP contribution in [0.15, 0.2) is 131 Å². The number of hydrogen-bond acceptors (Lipinski definition) is 6. The molecule has 0 atom stereocenters. The molecule has 6 heterocycles. The number of pyridine rings is 3. The lowest BCUT2D eigenvalue weighted by molar-refractivity contribution is 0.611. The summed E-state index contributed by atoms with van der Waals surface area (Å²) in [7, 11) is 0. The van der Waals surface area contributed by atoms with Gasteiger partial charge in [-0.2, -0.15) is 0 Å². The molecular weight excluding hydrogens is 920 g/mol. The summed E-state index contributed by atoms with van der Waals surface area (Å²) in [5.74, 6) is 0. The number of piperidine rings is 3. The summed E-state index contributed by atoms with van der Waals surface area (Å²) < 4.78 is 1.08. The van der Waals surface area contributed by atoms with E-state index in [0.717, 1.165) is 137 Å². The molecule has 3 fully saturated rings. The Balaban J connectivity index is 0.000000136.